The van der Waals surface area contributed by atoms with Crippen LogP contribution in [0.3, 0.4) is 0 Å². The molecule has 0 aliphatic carbocycles. The highest BCUT2D eigenvalue weighted by molar-refractivity contribution is 8.16. The van der Waals surface area contributed by atoms with Crippen LogP contribution in [0.15, 0.2) is 29.2 Å². The van der Waals surface area contributed by atoms with Gasteiger partial charge in [-0.25, -0.2) is 8.42 Å². The molecule has 1 aromatic rings. The summed E-state index contributed by atoms with van der Waals surface area (Å²) in [5.74, 6) is 2.39. The molecule has 0 N–H and O–H groups in total. The molecule has 0 radical (unpaired) electrons. The van der Waals surface area contributed by atoms with Crippen molar-refractivity contribution in [3.63, 3.8) is 0 Å². The Kier molecular flexibility index (Phi) is 4.58. The number of thioether (sulfide) groups is 2. The zero-order chi connectivity index (χ0) is 14.1. The number of sulfone groups is 1. The molecule has 19 heavy (non-hydrogen) atoms. The topological polar surface area (TPSA) is 34.1 Å². The van der Waals surface area contributed by atoms with Crippen LogP contribution >= 0.6 is 23.5 Å². The van der Waals surface area contributed by atoms with Crippen LogP contribution in [-0.4, -0.2) is 24.7 Å². The molecule has 0 unspecified atom stereocenters. The lowest BCUT2D eigenvalue weighted by molar-refractivity contribution is 0.560. The molecule has 1 saturated heterocycles. The highest BCUT2D eigenvalue weighted by Gasteiger charge is 2.30. The average Bonchev–Trinajstić information content (AvgIpc) is 2.39. The summed E-state index contributed by atoms with van der Waals surface area (Å²) in [6.07, 6.45) is 1.27. The Bertz CT molecular complexity index is 521. The largest absolute Gasteiger partial charge is 0.223 e. The molecule has 0 atom stereocenters. The molecule has 0 saturated carbocycles. The molecular weight excluding hydrogens is 296 g/mol. The van der Waals surface area contributed by atoms with Gasteiger partial charge in [0, 0.05) is 0 Å². The van der Waals surface area contributed by atoms with Crippen molar-refractivity contribution < 1.29 is 8.42 Å². The minimum absolute atomic E-state index is 0.426. The van der Waals surface area contributed by atoms with E-state index in [0.29, 0.717) is 9.48 Å². The van der Waals surface area contributed by atoms with E-state index in [4.69, 9.17) is 0 Å². The van der Waals surface area contributed by atoms with Crippen molar-refractivity contribution in [1.82, 2.24) is 0 Å². The van der Waals surface area contributed by atoms with E-state index >= 15 is 0 Å². The van der Waals surface area contributed by atoms with Gasteiger partial charge in [0.05, 0.1) is 14.2 Å². The molecule has 1 heterocycles. The molecule has 0 spiro atoms. The third kappa shape index (κ3) is 3.31. The zero-order valence-electron chi connectivity index (χ0n) is 11.5. The second kappa shape index (κ2) is 5.70. The molecule has 1 aliphatic heterocycles. The van der Waals surface area contributed by atoms with E-state index in [1.54, 1.807) is 32.9 Å². The summed E-state index contributed by atoms with van der Waals surface area (Å²) >= 11 is 3.90. The Morgan fingerprint density at radius 3 is 2.05 bits per heavy atom. The quantitative estimate of drug-likeness (QED) is 0.821. The Hall–Kier alpha value is -0.130. The van der Waals surface area contributed by atoms with Gasteiger partial charge in [-0.1, -0.05) is 12.1 Å². The number of hydrogen-bond acceptors (Lipinski definition) is 4. The third-order valence-corrected chi connectivity index (χ3v) is 8.62. The van der Waals surface area contributed by atoms with E-state index < -0.39 is 14.6 Å². The third-order valence-electron chi connectivity index (χ3n) is 3.10. The minimum Gasteiger partial charge on any atom is -0.223 e. The van der Waals surface area contributed by atoms with Gasteiger partial charge in [0.2, 0.25) is 0 Å². The van der Waals surface area contributed by atoms with Gasteiger partial charge in [-0.3, -0.25) is 0 Å². The van der Waals surface area contributed by atoms with E-state index in [-0.39, 0.29) is 0 Å². The number of benzene rings is 1. The molecule has 106 valence electrons. The standard InChI is InChI=1S/C14H20O2S3/c1-14(2,3)19(15,16)12-7-5-11(6-8-12)13-17-9-4-10-18-13/h5-8,13H,4,9-10H2,1-3H3. The first-order valence-electron chi connectivity index (χ1n) is 6.40. The molecule has 2 rings (SSSR count). The molecule has 1 aliphatic rings. The fourth-order valence-electron chi connectivity index (χ4n) is 1.84. The van der Waals surface area contributed by atoms with E-state index in [1.165, 1.54) is 23.5 Å². The van der Waals surface area contributed by atoms with Crippen molar-refractivity contribution >= 4 is 33.4 Å². The Morgan fingerprint density at radius 1 is 1.05 bits per heavy atom. The zero-order valence-corrected chi connectivity index (χ0v) is 14.0. The number of hydrogen-bond donors (Lipinski definition) is 0. The van der Waals surface area contributed by atoms with Crippen LogP contribution in [0.5, 0.6) is 0 Å². The minimum atomic E-state index is -3.24. The van der Waals surface area contributed by atoms with Crippen molar-refractivity contribution in [2.24, 2.45) is 0 Å². The molecule has 0 aromatic heterocycles. The summed E-state index contributed by atoms with van der Waals surface area (Å²) in [5, 5.41) is 0. The van der Waals surface area contributed by atoms with Gasteiger partial charge in [-0.05, 0) is 56.4 Å². The summed E-state index contributed by atoms with van der Waals surface area (Å²) in [5.41, 5.74) is 1.22. The Morgan fingerprint density at radius 2 is 1.58 bits per heavy atom. The molecule has 1 fully saturated rings. The van der Waals surface area contributed by atoms with Crippen LogP contribution in [0.1, 0.15) is 37.3 Å². The van der Waals surface area contributed by atoms with Gasteiger partial charge >= 0.3 is 0 Å². The average molecular weight is 317 g/mol. The Labute approximate surface area is 124 Å². The summed E-state index contributed by atoms with van der Waals surface area (Å²) in [4.78, 5) is 0.426. The lowest BCUT2D eigenvalue weighted by atomic mass is 10.2. The Balaban J connectivity index is 2.23. The molecule has 0 amide bonds. The first-order chi connectivity index (χ1) is 8.82. The molecule has 2 nitrogen and oxygen atoms in total. The highest BCUT2D eigenvalue weighted by Crippen LogP contribution is 2.43. The van der Waals surface area contributed by atoms with Crippen LogP contribution < -0.4 is 0 Å². The van der Waals surface area contributed by atoms with Crippen LogP contribution in [0.25, 0.3) is 0 Å². The predicted molar refractivity (Wildman–Crippen MR) is 85.7 cm³/mol. The van der Waals surface area contributed by atoms with E-state index in [0.717, 1.165) is 0 Å². The molecular formula is C14H20O2S3. The SMILES string of the molecule is CC(C)(C)S(=O)(=O)c1ccc(C2SCCCS2)cc1. The molecule has 0 bridgehead atoms. The maximum Gasteiger partial charge on any atom is 0.183 e. The van der Waals surface area contributed by atoms with Gasteiger partial charge < -0.3 is 0 Å². The van der Waals surface area contributed by atoms with Crippen LogP contribution in [0, 0.1) is 0 Å². The molecule has 1 aromatic carbocycles. The summed E-state index contributed by atoms with van der Waals surface area (Å²) in [7, 11) is -3.24. The first-order valence-corrected chi connectivity index (χ1v) is 9.98. The van der Waals surface area contributed by atoms with E-state index in [2.05, 4.69) is 0 Å². The second-order valence-corrected chi connectivity index (χ2v) is 11.0. The number of rotatable bonds is 2. The lowest BCUT2D eigenvalue weighted by Gasteiger charge is -2.22. The van der Waals surface area contributed by atoms with Gasteiger partial charge in [0.1, 0.15) is 0 Å². The van der Waals surface area contributed by atoms with Gasteiger partial charge in [-0.15, -0.1) is 23.5 Å². The van der Waals surface area contributed by atoms with Crippen LogP contribution in [-0.2, 0) is 9.84 Å². The van der Waals surface area contributed by atoms with Crippen molar-refractivity contribution in [3.8, 4) is 0 Å². The molecule has 5 heteroatoms. The predicted octanol–water partition coefficient (Wildman–Crippen LogP) is 4.13. The van der Waals surface area contributed by atoms with Gasteiger partial charge in [0.15, 0.2) is 9.84 Å². The second-order valence-electron chi connectivity index (χ2n) is 5.61. The lowest BCUT2D eigenvalue weighted by Crippen LogP contribution is -2.27. The maximum absolute atomic E-state index is 12.3. The van der Waals surface area contributed by atoms with Crippen molar-refractivity contribution in [3.05, 3.63) is 29.8 Å². The van der Waals surface area contributed by atoms with Crippen LogP contribution in [0.4, 0.5) is 0 Å². The monoisotopic (exact) mass is 316 g/mol. The fourth-order valence-corrected chi connectivity index (χ4v) is 5.93. The fraction of sp³-hybridized carbons (Fsp3) is 0.571. The normalized spacial score (nSPS) is 18.5. The van der Waals surface area contributed by atoms with Crippen LogP contribution in [0.2, 0.25) is 0 Å². The maximum atomic E-state index is 12.3. The summed E-state index contributed by atoms with van der Waals surface area (Å²) < 4.78 is 24.4. The highest BCUT2D eigenvalue weighted by atomic mass is 32.2. The van der Waals surface area contributed by atoms with Crippen molar-refractivity contribution in [2.45, 2.75) is 41.4 Å². The van der Waals surface area contributed by atoms with Crippen molar-refractivity contribution in [1.29, 1.82) is 0 Å². The van der Waals surface area contributed by atoms with Gasteiger partial charge in [0.25, 0.3) is 0 Å². The summed E-state index contributed by atoms with van der Waals surface area (Å²) in [6.45, 7) is 5.22. The smallest absolute Gasteiger partial charge is 0.183 e. The van der Waals surface area contributed by atoms with Gasteiger partial charge in [-0.2, -0.15) is 0 Å². The van der Waals surface area contributed by atoms with E-state index in [1.807, 2.05) is 35.7 Å². The summed E-state index contributed by atoms with van der Waals surface area (Å²) in [6, 6.07) is 7.44. The first kappa shape index (κ1) is 15.3. The van der Waals surface area contributed by atoms with E-state index in [9.17, 15) is 8.42 Å². The van der Waals surface area contributed by atoms with Crippen molar-refractivity contribution in [2.75, 3.05) is 11.5 Å².